The van der Waals surface area contributed by atoms with E-state index in [2.05, 4.69) is 94.1 Å². The van der Waals surface area contributed by atoms with Gasteiger partial charge in [-0.2, -0.15) is 0 Å². The molecule has 2 aromatic rings. The van der Waals surface area contributed by atoms with Crippen molar-refractivity contribution in [3.63, 3.8) is 0 Å². The van der Waals surface area contributed by atoms with E-state index >= 15 is 0 Å². The molecule has 0 saturated heterocycles. The lowest BCUT2D eigenvalue weighted by molar-refractivity contribution is 0.0531. The van der Waals surface area contributed by atoms with Crippen LogP contribution in [0, 0.1) is 19.8 Å². The van der Waals surface area contributed by atoms with Crippen molar-refractivity contribution < 1.29 is 0 Å². The number of unbranched alkanes of at least 4 members (excludes halogenated alkanes) is 1. The van der Waals surface area contributed by atoms with Crippen molar-refractivity contribution in [2.45, 2.75) is 84.2 Å². The first kappa shape index (κ1) is 25.1. The smallest absolute Gasteiger partial charge is 0.0458 e. The Bertz CT molecular complexity index is 840. The second-order valence-electron chi connectivity index (χ2n) is 10.2. The molecular weight excluding hydrogens is 412 g/mol. The molecule has 3 unspecified atom stereocenters. The summed E-state index contributed by atoms with van der Waals surface area (Å²) < 4.78 is 0. The first-order valence-corrected chi connectivity index (χ1v) is 13.0. The van der Waals surface area contributed by atoms with Gasteiger partial charge < -0.3 is 4.90 Å². The maximum absolute atomic E-state index is 6.25. The van der Waals surface area contributed by atoms with Gasteiger partial charge in [-0.3, -0.25) is 4.90 Å². The quantitative estimate of drug-likeness (QED) is 0.378. The first-order chi connectivity index (χ1) is 15.3. The van der Waals surface area contributed by atoms with Crippen molar-refractivity contribution in [1.29, 1.82) is 0 Å². The van der Waals surface area contributed by atoms with Crippen LogP contribution >= 0.6 is 11.6 Å². The zero-order valence-corrected chi connectivity index (χ0v) is 21.9. The zero-order valence-electron chi connectivity index (χ0n) is 21.1. The van der Waals surface area contributed by atoms with Crippen LogP contribution in [-0.2, 0) is 5.54 Å². The molecule has 3 atom stereocenters. The van der Waals surface area contributed by atoms with Crippen molar-refractivity contribution in [2.75, 3.05) is 25.5 Å². The normalized spacial score (nSPS) is 23.5. The SMILES string of the molecule is CCCCC1CC(c2ccc(Cl)cc2)(N(C)C)CCC1N(CCC)c1cc(C)cc(C)c1. The molecular formula is C29H43ClN2. The zero-order chi connectivity index (χ0) is 23.3. The number of hydrogen-bond acceptors (Lipinski definition) is 2. The Morgan fingerprint density at radius 1 is 0.969 bits per heavy atom. The molecule has 2 aromatic carbocycles. The lowest BCUT2D eigenvalue weighted by atomic mass is 9.67. The molecule has 0 aliphatic heterocycles. The lowest BCUT2D eigenvalue weighted by Gasteiger charge is -2.52. The summed E-state index contributed by atoms with van der Waals surface area (Å²) in [4.78, 5) is 5.23. The minimum atomic E-state index is 0.0832. The van der Waals surface area contributed by atoms with E-state index in [0.717, 1.165) is 11.6 Å². The molecule has 1 saturated carbocycles. The van der Waals surface area contributed by atoms with Crippen LogP contribution in [0.1, 0.15) is 75.5 Å². The Morgan fingerprint density at radius 2 is 1.62 bits per heavy atom. The molecule has 1 aliphatic rings. The van der Waals surface area contributed by atoms with E-state index in [9.17, 15) is 0 Å². The highest BCUT2D eigenvalue weighted by Gasteiger charge is 2.44. The van der Waals surface area contributed by atoms with Gasteiger partial charge in [-0.05, 0) is 107 Å². The van der Waals surface area contributed by atoms with E-state index in [1.807, 2.05) is 0 Å². The number of aryl methyl sites for hydroxylation is 2. The number of halogens is 1. The van der Waals surface area contributed by atoms with Crippen molar-refractivity contribution >= 4 is 17.3 Å². The van der Waals surface area contributed by atoms with Crippen molar-refractivity contribution in [2.24, 2.45) is 5.92 Å². The Balaban J connectivity index is 1.98. The third-order valence-corrected chi connectivity index (χ3v) is 7.82. The topological polar surface area (TPSA) is 6.48 Å². The average Bonchev–Trinajstić information content (AvgIpc) is 2.75. The molecule has 1 aliphatic carbocycles. The van der Waals surface area contributed by atoms with Crippen LogP contribution in [0.2, 0.25) is 5.02 Å². The van der Waals surface area contributed by atoms with Crippen molar-refractivity contribution in [3.05, 3.63) is 64.2 Å². The molecule has 0 radical (unpaired) electrons. The van der Waals surface area contributed by atoms with Gasteiger partial charge in [-0.25, -0.2) is 0 Å². The van der Waals surface area contributed by atoms with E-state index in [0.29, 0.717) is 12.0 Å². The Kier molecular flexibility index (Phi) is 8.69. The van der Waals surface area contributed by atoms with Gasteiger partial charge in [-0.15, -0.1) is 0 Å². The van der Waals surface area contributed by atoms with Gasteiger partial charge in [0.15, 0.2) is 0 Å². The summed E-state index contributed by atoms with van der Waals surface area (Å²) in [6, 6.07) is 16.3. The second-order valence-corrected chi connectivity index (χ2v) is 10.6. The van der Waals surface area contributed by atoms with Gasteiger partial charge in [-0.1, -0.05) is 56.5 Å². The maximum atomic E-state index is 6.25. The first-order valence-electron chi connectivity index (χ1n) is 12.6. The number of benzene rings is 2. The average molecular weight is 455 g/mol. The Morgan fingerprint density at radius 3 is 2.19 bits per heavy atom. The molecule has 0 N–H and O–H groups in total. The standard InChI is InChI=1S/C29H43ClN2/c1-7-9-10-24-21-29(31(5)6,25-11-13-26(30)14-12-25)16-15-28(24)32(17-8-2)27-19-22(3)18-23(4)20-27/h11-14,18-20,24,28H,7-10,15-17,21H2,1-6H3. The molecule has 3 rings (SSSR count). The fourth-order valence-electron chi connectivity index (χ4n) is 6.00. The predicted octanol–water partition coefficient (Wildman–Crippen LogP) is 7.99. The number of rotatable bonds is 9. The molecule has 3 heteroatoms. The highest BCUT2D eigenvalue weighted by Crippen LogP contribution is 2.47. The molecule has 0 heterocycles. The molecule has 32 heavy (non-hydrogen) atoms. The molecule has 2 nitrogen and oxygen atoms in total. The van der Waals surface area contributed by atoms with E-state index in [1.54, 1.807) is 0 Å². The molecule has 0 bridgehead atoms. The second kappa shape index (κ2) is 11.1. The summed E-state index contributed by atoms with van der Waals surface area (Å²) in [7, 11) is 4.53. The van der Waals surface area contributed by atoms with E-state index in [-0.39, 0.29) is 5.54 Å². The minimum absolute atomic E-state index is 0.0832. The highest BCUT2D eigenvalue weighted by molar-refractivity contribution is 6.30. The molecule has 0 amide bonds. The van der Waals surface area contributed by atoms with Crippen molar-refractivity contribution in [1.82, 2.24) is 4.90 Å². The number of anilines is 1. The van der Waals surface area contributed by atoms with Crippen LogP contribution in [0.5, 0.6) is 0 Å². The minimum Gasteiger partial charge on any atom is -0.368 e. The molecule has 0 aromatic heterocycles. The van der Waals surface area contributed by atoms with E-state index < -0.39 is 0 Å². The fraction of sp³-hybridized carbons (Fsp3) is 0.586. The van der Waals surface area contributed by atoms with Crippen LogP contribution in [0.25, 0.3) is 0 Å². The summed E-state index contributed by atoms with van der Waals surface area (Å²) in [5.74, 6) is 0.675. The molecule has 1 fully saturated rings. The van der Waals surface area contributed by atoms with Gasteiger partial charge >= 0.3 is 0 Å². The van der Waals surface area contributed by atoms with Crippen LogP contribution in [0.4, 0.5) is 5.69 Å². The predicted molar refractivity (Wildman–Crippen MR) is 141 cm³/mol. The van der Waals surface area contributed by atoms with E-state index in [1.165, 1.54) is 67.3 Å². The van der Waals surface area contributed by atoms with E-state index in [4.69, 9.17) is 11.6 Å². The van der Waals surface area contributed by atoms with Gasteiger partial charge in [0.05, 0.1) is 0 Å². The van der Waals surface area contributed by atoms with Gasteiger partial charge in [0.1, 0.15) is 0 Å². The fourth-order valence-corrected chi connectivity index (χ4v) is 6.12. The summed E-state index contributed by atoms with van der Waals surface area (Å²) in [5, 5.41) is 0.822. The molecule has 176 valence electrons. The van der Waals surface area contributed by atoms with Crippen LogP contribution in [-0.4, -0.2) is 31.6 Å². The summed E-state index contributed by atoms with van der Waals surface area (Å²) in [6.07, 6.45) is 8.66. The maximum Gasteiger partial charge on any atom is 0.0458 e. The van der Waals surface area contributed by atoms with Crippen LogP contribution in [0.15, 0.2) is 42.5 Å². The monoisotopic (exact) mass is 454 g/mol. The van der Waals surface area contributed by atoms with Crippen LogP contribution < -0.4 is 4.90 Å². The Labute approximate surface area is 202 Å². The van der Waals surface area contributed by atoms with Crippen LogP contribution in [0.3, 0.4) is 0 Å². The van der Waals surface area contributed by atoms with Gasteiger partial charge in [0, 0.05) is 28.8 Å². The summed E-state index contributed by atoms with van der Waals surface area (Å²) in [5.41, 5.74) is 5.65. The number of hydrogen-bond donors (Lipinski definition) is 0. The Hall–Kier alpha value is -1.51. The van der Waals surface area contributed by atoms with Crippen molar-refractivity contribution in [3.8, 4) is 0 Å². The lowest BCUT2D eigenvalue weighted by Crippen LogP contribution is -2.53. The molecule has 0 spiro atoms. The highest BCUT2D eigenvalue weighted by atomic mass is 35.5. The third-order valence-electron chi connectivity index (χ3n) is 7.57. The summed E-state index contributed by atoms with van der Waals surface area (Å²) in [6.45, 7) is 10.2. The van der Waals surface area contributed by atoms with Gasteiger partial charge in [0.25, 0.3) is 0 Å². The third kappa shape index (κ3) is 5.51. The summed E-state index contributed by atoms with van der Waals surface area (Å²) >= 11 is 6.25. The number of nitrogens with zero attached hydrogens (tertiary/aromatic N) is 2. The van der Waals surface area contributed by atoms with Gasteiger partial charge in [0.2, 0.25) is 0 Å². The largest absolute Gasteiger partial charge is 0.368 e.